The zero-order chi connectivity index (χ0) is 14.0. The summed E-state index contributed by atoms with van der Waals surface area (Å²) < 4.78 is 72.9. The SMILES string of the molecule is NCc1cc(OC(F)(F)F)ccc1OS(=O)(=O)O. The molecule has 0 aliphatic carbocycles. The lowest BCUT2D eigenvalue weighted by Gasteiger charge is -2.12. The topological polar surface area (TPSA) is 98.9 Å². The van der Waals surface area contributed by atoms with Crippen LogP contribution < -0.4 is 14.7 Å². The highest BCUT2D eigenvalue weighted by Crippen LogP contribution is 2.28. The number of rotatable bonds is 4. The Kier molecular flexibility index (Phi) is 4.04. The van der Waals surface area contributed by atoms with Crippen LogP contribution in [0.5, 0.6) is 11.5 Å². The number of alkyl halides is 3. The van der Waals surface area contributed by atoms with Crippen molar-refractivity contribution in [3.05, 3.63) is 23.8 Å². The summed E-state index contributed by atoms with van der Waals surface area (Å²) in [5.41, 5.74) is 5.13. The van der Waals surface area contributed by atoms with E-state index >= 15 is 0 Å². The van der Waals surface area contributed by atoms with Gasteiger partial charge in [-0.1, -0.05) is 0 Å². The predicted molar refractivity (Wildman–Crippen MR) is 53.2 cm³/mol. The second-order valence-electron chi connectivity index (χ2n) is 3.03. The zero-order valence-corrected chi connectivity index (χ0v) is 9.46. The molecule has 0 aromatic heterocycles. The Morgan fingerprint density at radius 2 is 1.94 bits per heavy atom. The van der Waals surface area contributed by atoms with Gasteiger partial charge in [-0.15, -0.1) is 13.2 Å². The minimum absolute atomic E-state index is 0.0747. The van der Waals surface area contributed by atoms with Crippen LogP contribution in [0.15, 0.2) is 18.2 Å². The Morgan fingerprint density at radius 3 is 2.39 bits per heavy atom. The number of halogens is 3. The first-order chi connectivity index (χ1) is 8.11. The summed E-state index contributed by atoms with van der Waals surface area (Å²) >= 11 is 0. The highest BCUT2D eigenvalue weighted by molar-refractivity contribution is 7.81. The molecule has 1 aromatic carbocycles. The first kappa shape index (κ1) is 14.5. The smallest absolute Gasteiger partial charge is 0.406 e. The molecule has 0 radical (unpaired) electrons. The normalized spacial score (nSPS) is 12.3. The Bertz CT molecular complexity index is 528. The van der Waals surface area contributed by atoms with Gasteiger partial charge in [0, 0.05) is 12.1 Å². The number of ether oxygens (including phenoxy) is 1. The summed E-state index contributed by atoms with van der Waals surface area (Å²) in [4.78, 5) is 0. The molecule has 0 bridgehead atoms. The van der Waals surface area contributed by atoms with Gasteiger partial charge >= 0.3 is 16.8 Å². The van der Waals surface area contributed by atoms with Crippen LogP contribution in [0, 0.1) is 0 Å². The molecule has 18 heavy (non-hydrogen) atoms. The lowest BCUT2D eigenvalue weighted by Crippen LogP contribution is -2.17. The third-order valence-electron chi connectivity index (χ3n) is 1.68. The summed E-state index contributed by atoms with van der Waals surface area (Å²) in [6.07, 6.45) is -4.88. The van der Waals surface area contributed by atoms with Gasteiger partial charge in [0.25, 0.3) is 0 Å². The molecule has 1 rings (SSSR count). The molecular formula is C8H8F3NO5S. The number of hydrogen-bond acceptors (Lipinski definition) is 5. The van der Waals surface area contributed by atoms with Gasteiger partial charge in [-0.3, -0.25) is 4.55 Å². The van der Waals surface area contributed by atoms with Crippen LogP contribution in [0.3, 0.4) is 0 Å². The van der Waals surface area contributed by atoms with Crippen molar-refractivity contribution < 1.29 is 35.1 Å². The number of benzene rings is 1. The van der Waals surface area contributed by atoms with E-state index in [2.05, 4.69) is 8.92 Å². The molecule has 0 saturated carbocycles. The van der Waals surface area contributed by atoms with Crippen LogP contribution in [0.4, 0.5) is 13.2 Å². The molecule has 0 spiro atoms. The molecule has 10 heteroatoms. The lowest BCUT2D eigenvalue weighted by molar-refractivity contribution is -0.274. The van der Waals surface area contributed by atoms with E-state index in [1.165, 1.54) is 0 Å². The maximum absolute atomic E-state index is 11.9. The fourth-order valence-corrected chi connectivity index (χ4v) is 1.50. The fourth-order valence-electron chi connectivity index (χ4n) is 1.11. The van der Waals surface area contributed by atoms with Crippen molar-refractivity contribution in [2.45, 2.75) is 12.9 Å². The summed E-state index contributed by atoms with van der Waals surface area (Å²) in [5, 5.41) is 0. The van der Waals surface area contributed by atoms with Gasteiger partial charge in [0.2, 0.25) is 0 Å². The van der Waals surface area contributed by atoms with E-state index in [1.807, 2.05) is 0 Å². The van der Waals surface area contributed by atoms with Gasteiger partial charge in [-0.05, 0) is 18.2 Å². The van der Waals surface area contributed by atoms with E-state index in [9.17, 15) is 21.6 Å². The lowest BCUT2D eigenvalue weighted by atomic mass is 10.2. The predicted octanol–water partition coefficient (Wildman–Crippen LogP) is 1.23. The largest absolute Gasteiger partial charge is 0.573 e. The minimum Gasteiger partial charge on any atom is -0.406 e. The minimum atomic E-state index is -4.88. The standard InChI is InChI=1S/C8H8F3NO5S/c9-8(10,11)16-6-1-2-7(5(3-6)4-12)17-18(13,14)15/h1-3H,4,12H2,(H,13,14,15). The third-order valence-corrected chi connectivity index (χ3v) is 2.07. The molecule has 0 aliphatic heterocycles. The van der Waals surface area contributed by atoms with Crippen LogP contribution in [0.2, 0.25) is 0 Å². The Balaban J connectivity index is 3.04. The highest BCUT2D eigenvalue weighted by atomic mass is 32.3. The van der Waals surface area contributed by atoms with Gasteiger partial charge in [-0.25, -0.2) is 0 Å². The van der Waals surface area contributed by atoms with E-state index in [0.29, 0.717) is 0 Å². The molecule has 102 valence electrons. The van der Waals surface area contributed by atoms with Gasteiger partial charge in [-0.2, -0.15) is 8.42 Å². The Labute approximate surface area is 100 Å². The maximum atomic E-state index is 11.9. The summed E-state index contributed by atoms with van der Waals surface area (Å²) in [6, 6.07) is 2.57. The van der Waals surface area contributed by atoms with Crippen molar-refractivity contribution in [3.8, 4) is 11.5 Å². The van der Waals surface area contributed by atoms with Crippen LogP contribution in [0.1, 0.15) is 5.56 Å². The van der Waals surface area contributed by atoms with Crippen molar-refractivity contribution in [1.82, 2.24) is 0 Å². The van der Waals surface area contributed by atoms with Crippen molar-refractivity contribution in [1.29, 1.82) is 0 Å². The molecule has 1 aromatic rings. The molecule has 0 unspecified atom stereocenters. The van der Waals surface area contributed by atoms with Crippen LogP contribution in [-0.2, 0) is 16.9 Å². The molecule has 3 N–H and O–H groups in total. The first-order valence-corrected chi connectivity index (χ1v) is 5.73. The van der Waals surface area contributed by atoms with Crippen LogP contribution in [0.25, 0.3) is 0 Å². The summed E-state index contributed by atoms with van der Waals surface area (Å²) in [5.74, 6) is -0.958. The molecule has 0 fully saturated rings. The number of hydrogen-bond donors (Lipinski definition) is 2. The van der Waals surface area contributed by atoms with Crippen molar-refractivity contribution in [2.75, 3.05) is 0 Å². The van der Waals surface area contributed by atoms with Gasteiger partial charge < -0.3 is 14.7 Å². The van der Waals surface area contributed by atoms with Crippen molar-refractivity contribution in [3.63, 3.8) is 0 Å². The van der Waals surface area contributed by atoms with E-state index in [0.717, 1.165) is 18.2 Å². The molecule has 0 atom stereocenters. The van der Waals surface area contributed by atoms with Crippen molar-refractivity contribution in [2.24, 2.45) is 5.73 Å². The second-order valence-corrected chi connectivity index (χ2v) is 4.05. The van der Waals surface area contributed by atoms with Crippen molar-refractivity contribution >= 4 is 10.4 Å². The summed E-state index contributed by atoms with van der Waals surface area (Å²) in [7, 11) is -4.78. The Morgan fingerprint density at radius 1 is 1.33 bits per heavy atom. The molecule has 6 nitrogen and oxygen atoms in total. The number of nitrogens with two attached hydrogens (primary N) is 1. The molecule has 0 amide bonds. The van der Waals surface area contributed by atoms with E-state index < -0.39 is 22.5 Å². The molecular weight excluding hydrogens is 279 g/mol. The third kappa shape index (κ3) is 4.77. The maximum Gasteiger partial charge on any atom is 0.573 e. The van der Waals surface area contributed by atoms with Crippen LogP contribution >= 0.6 is 0 Å². The average molecular weight is 287 g/mol. The summed E-state index contributed by atoms with van der Waals surface area (Å²) in [6.45, 7) is -0.306. The molecule has 0 aliphatic rings. The fraction of sp³-hybridized carbons (Fsp3) is 0.250. The highest BCUT2D eigenvalue weighted by Gasteiger charge is 2.31. The van der Waals surface area contributed by atoms with Gasteiger partial charge in [0.1, 0.15) is 11.5 Å². The first-order valence-electron chi connectivity index (χ1n) is 4.36. The molecule has 0 saturated heterocycles. The monoisotopic (exact) mass is 287 g/mol. The average Bonchev–Trinajstić information content (AvgIpc) is 2.16. The zero-order valence-electron chi connectivity index (χ0n) is 8.64. The Hall–Kier alpha value is -1.52. The quantitative estimate of drug-likeness (QED) is 0.808. The van der Waals surface area contributed by atoms with Gasteiger partial charge in [0.15, 0.2) is 0 Å². The van der Waals surface area contributed by atoms with Gasteiger partial charge in [0.05, 0.1) is 0 Å². The van der Waals surface area contributed by atoms with Crippen LogP contribution in [-0.4, -0.2) is 19.3 Å². The van der Waals surface area contributed by atoms with E-state index in [-0.39, 0.29) is 17.9 Å². The second kappa shape index (κ2) is 5.00. The molecule has 0 heterocycles. The van der Waals surface area contributed by atoms with E-state index in [4.69, 9.17) is 10.3 Å². The van der Waals surface area contributed by atoms with E-state index in [1.54, 1.807) is 0 Å².